The maximum absolute atomic E-state index is 6.03. The summed E-state index contributed by atoms with van der Waals surface area (Å²) < 4.78 is 2.51. The van der Waals surface area contributed by atoms with E-state index in [1.807, 2.05) is 24.3 Å². The monoisotopic (exact) mass is 336 g/mol. The van der Waals surface area contributed by atoms with Gasteiger partial charge in [0.2, 0.25) is 0 Å². The number of aromatic nitrogens is 3. The van der Waals surface area contributed by atoms with Gasteiger partial charge in [-0.15, -0.1) is 0 Å². The van der Waals surface area contributed by atoms with Gasteiger partial charge in [-0.1, -0.05) is 29.3 Å². The molecule has 0 radical (unpaired) electrons. The molecule has 0 atom stereocenters. The molecule has 0 saturated heterocycles. The Morgan fingerprint density at radius 2 is 2.00 bits per heavy atom. The molecule has 96 valence electrons. The molecule has 0 aliphatic carbocycles. The van der Waals surface area contributed by atoms with Gasteiger partial charge in [-0.25, -0.2) is 4.98 Å². The molecule has 3 rings (SSSR count). The average Bonchev–Trinajstić information content (AvgIpc) is 2.74. The number of nitrogens with zero attached hydrogens (tertiary/aromatic N) is 3. The fourth-order valence-corrected chi connectivity index (χ4v) is 2.31. The predicted octanol–water partition coefficient (Wildman–Crippen LogP) is 4.20. The van der Waals surface area contributed by atoms with Crippen molar-refractivity contribution in [3.8, 4) is 0 Å². The fourth-order valence-electron chi connectivity index (χ4n) is 1.78. The third-order valence-corrected chi connectivity index (χ3v) is 3.47. The second kappa shape index (κ2) is 4.83. The smallest absolute Gasteiger partial charge is 0.173 e. The number of fused-ring (bicyclic) bond motifs is 1. The zero-order valence-corrected chi connectivity index (χ0v) is 12.4. The highest BCUT2D eigenvalue weighted by Gasteiger charge is 2.09. The Hall–Kier alpha value is -1.59. The lowest BCUT2D eigenvalue weighted by Gasteiger charge is -2.09. The van der Waals surface area contributed by atoms with Crippen LogP contribution < -0.4 is 5.32 Å². The van der Waals surface area contributed by atoms with Crippen LogP contribution in [-0.2, 0) is 0 Å². The van der Waals surface area contributed by atoms with Crippen molar-refractivity contribution in [2.45, 2.75) is 6.92 Å². The first-order valence-corrected chi connectivity index (χ1v) is 6.84. The topological polar surface area (TPSA) is 42.2 Å². The average molecular weight is 338 g/mol. The molecule has 4 nitrogen and oxygen atoms in total. The number of nitrogens with one attached hydrogen (secondary N) is 1. The van der Waals surface area contributed by atoms with Gasteiger partial charge in [0.1, 0.15) is 11.0 Å². The van der Waals surface area contributed by atoms with Crippen molar-refractivity contribution in [2.24, 2.45) is 0 Å². The predicted molar refractivity (Wildman–Crippen MR) is 80.2 cm³/mol. The van der Waals surface area contributed by atoms with E-state index in [1.165, 1.54) is 5.56 Å². The molecule has 0 bridgehead atoms. The van der Waals surface area contributed by atoms with E-state index in [2.05, 4.69) is 38.3 Å². The number of halogens is 2. The first-order chi connectivity index (χ1) is 9.13. The van der Waals surface area contributed by atoms with E-state index >= 15 is 0 Å². The largest absolute Gasteiger partial charge is 0.340 e. The second-order valence-corrected chi connectivity index (χ2v) is 5.42. The molecule has 2 heterocycles. The van der Waals surface area contributed by atoms with Gasteiger partial charge < -0.3 is 5.32 Å². The summed E-state index contributed by atoms with van der Waals surface area (Å²) in [5, 5.41) is 7.96. The quantitative estimate of drug-likeness (QED) is 0.713. The lowest BCUT2D eigenvalue weighted by atomic mass is 10.2. The van der Waals surface area contributed by atoms with Crippen molar-refractivity contribution >= 4 is 44.7 Å². The van der Waals surface area contributed by atoms with Gasteiger partial charge in [0.15, 0.2) is 5.65 Å². The maximum atomic E-state index is 6.03. The molecule has 0 aliphatic heterocycles. The van der Waals surface area contributed by atoms with E-state index < -0.39 is 0 Å². The van der Waals surface area contributed by atoms with Crippen molar-refractivity contribution < 1.29 is 0 Å². The van der Waals surface area contributed by atoms with Gasteiger partial charge in [-0.05, 0) is 35.0 Å². The molecule has 0 unspecified atom stereocenters. The summed E-state index contributed by atoms with van der Waals surface area (Å²) in [5.74, 6) is 0.768. The molecule has 0 saturated carbocycles. The molecule has 1 aromatic carbocycles. The first-order valence-electron chi connectivity index (χ1n) is 5.67. The summed E-state index contributed by atoms with van der Waals surface area (Å²) in [6, 6.07) is 9.85. The number of rotatable bonds is 2. The van der Waals surface area contributed by atoms with Crippen LogP contribution in [-0.4, -0.2) is 14.6 Å². The van der Waals surface area contributed by atoms with Gasteiger partial charge in [0, 0.05) is 11.8 Å². The lowest BCUT2D eigenvalue weighted by molar-refractivity contribution is 0.947. The molecule has 0 spiro atoms. The van der Waals surface area contributed by atoms with Crippen molar-refractivity contribution in [1.82, 2.24) is 14.6 Å². The molecular weight excluding hydrogens is 328 g/mol. The summed E-state index contributed by atoms with van der Waals surface area (Å²) in [6.45, 7) is 2.05. The van der Waals surface area contributed by atoms with E-state index in [1.54, 1.807) is 16.8 Å². The summed E-state index contributed by atoms with van der Waals surface area (Å²) in [7, 11) is 0. The van der Waals surface area contributed by atoms with Gasteiger partial charge in [0.05, 0.1) is 10.7 Å². The Labute approximate surface area is 123 Å². The summed E-state index contributed by atoms with van der Waals surface area (Å²) in [6.07, 6.45) is 1.69. The molecule has 19 heavy (non-hydrogen) atoms. The third kappa shape index (κ3) is 2.43. The minimum Gasteiger partial charge on any atom is -0.340 e. The minimum absolute atomic E-state index is 0.420. The van der Waals surface area contributed by atoms with Crippen LogP contribution in [0.3, 0.4) is 0 Å². The molecule has 6 heteroatoms. The Morgan fingerprint density at radius 3 is 2.74 bits per heavy atom. The van der Waals surface area contributed by atoms with Crippen LogP contribution >= 0.6 is 27.5 Å². The summed E-state index contributed by atoms with van der Waals surface area (Å²) in [4.78, 5) is 4.23. The Kier molecular flexibility index (Phi) is 3.16. The Bertz CT molecular complexity index is 736. The Morgan fingerprint density at radius 1 is 1.26 bits per heavy atom. The number of hydrogen-bond donors (Lipinski definition) is 1. The molecule has 0 aliphatic rings. The number of aryl methyl sites for hydroxylation is 1. The van der Waals surface area contributed by atoms with Crippen LogP contribution in [0, 0.1) is 6.92 Å². The van der Waals surface area contributed by atoms with Gasteiger partial charge in [-0.2, -0.15) is 9.61 Å². The molecular formula is C13H10BrClN4. The highest BCUT2D eigenvalue weighted by atomic mass is 79.9. The second-order valence-electron chi connectivity index (χ2n) is 4.18. The van der Waals surface area contributed by atoms with E-state index in [-0.39, 0.29) is 0 Å². The van der Waals surface area contributed by atoms with Crippen LogP contribution in [0.4, 0.5) is 11.5 Å². The summed E-state index contributed by atoms with van der Waals surface area (Å²) >= 11 is 9.43. The summed E-state index contributed by atoms with van der Waals surface area (Å²) in [5.41, 5.74) is 2.87. The molecule has 2 aromatic heterocycles. The molecule has 0 amide bonds. The minimum atomic E-state index is 0.420. The third-order valence-electron chi connectivity index (χ3n) is 2.72. The zero-order chi connectivity index (χ0) is 13.4. The first kappa shape index (κ1) is 12.4. The zero-order valence-electron chi connectivity index (χ0n) is 10.1. The fraction of sp³-hybridized carbons (Fsp3) is 0.0769. The molecule has 1 N–H and O–H groups in total. The van der Waals surface area contributed by atoms with Crippen LogP contribution in [0.25, 0.3) is 5.65 Å². The van der Waals surface area contributed by atoms with E-state index in [0.29, 0.717) is 10.8 Å². The van der Waals surface area contributed by atoms with Crippen molar-refractivity contribution in [3.63, 3.8) is 0 Å². The standard InChI is InChI=1S/C13H10BrClN4/c1-8-2-4-9(5-3-8)17-12-6-11(15)18-13-10(14)7-16-19(12)13/h2-7,17H,1H3. The van der Waals surface area contributed by atoms with Gasteiger partial charge in [0.25, 0.3) is 0 Å². The van der Waals surface area contributed by atoms with Gasteiger partial charge >= 0.3 is 0 Å². The Balaban J connectivity index is 2.07. The van der Waals surface area contributed by atoms with Crippen LogP contribution in [0.15, 0.2) is 41.0 Å². The normalized spacial score (nSPS) is 10.9. The van der Waals surface area contributed by atoms with E-state index in [9.17, 15) is 0 Å². The van der Waals surface area contributed by atoms with E-state index in [0.717, 1.165) is 16.0 Å². The number of benzene rings is 1. The molecule has 0 fully saturated rings. The highest BCUT2D eigenvalue weighted by molar-refractivity contribution is 9.10. The number of anilines is 2. The molecule has 3 aromatic rings. The van der Waals surface area contributed by atoms with Crippen molar-refractivity contribution in [3.05, 3.63) is 51.7 Å². The van der Waals surface area contributed by atoms with Crippen LogP contribution in [0.1, 0.15) is 5.56 Å². The highest BCUT2D eigenvalue weighted by Crippen LogP contribution is 2.24. The number of hydrogen-bond acceptors (Lipinski definition) is 3. The maximum Gasteiger partial charge on any atom is 0.173 e. The van der Waals surface area contributed by atoms with Crippen LogP contribution in [0.2, 0.25) is 5.15 Å². The van der Waals surface area contributed by atoms with E-state index in [4.69, 9.17) is 11.6 Å². The van der Waals surface area contributed by atoms with Crippen molar-refractivity contribution in [1.29, 1.82) is 0 Å². The van der Waals surface area contributed by atoms with Gasteiger partial charge in [-0.3, -0.25) is 0 Å². The van der Waals surface area contributed by atoms with Crippen molar-refractivity contribution in [2.75, 3.05) is 5.32 Å². The van der Waals surface area contributed by atoms with Crippen LogP contribution in [0.5, 0.6) is 0 Å². The lowest BCUT2D eigenvalue weighted by Crippen LogP contribution is -2.01. The SMILES string of the molecule is Cc1ccc(Nc2cc(Cl)nc3c(Br)cnn23)cc1.